The van der Waals surface area contributed by atoms with Crippen molar-refractivity contribution in [1.29, 1.82) is 0 Å². The normalized spacial score (nSPS) is 11.8. The largest absolute Gasteiger partial charge is 0.484 e. The van der Waals surface area contributed by atoms with Crippen LogP contribution in [0.1, 0.15) is 30.5 Å². The predicted octanol–water partition coefficient (Wildman–Crippen LogP) is 6.86. The second-order valence-electron chi connectivity index (χ2n) is 9.27. The van der Waals surface area contributed by atoms with Crippen molar-refractivity contribution in [3.63, 3.8) is 0 Å². The molecule has 2 amide bonds. The van der Waals surface area contributed by atoms with Crippen molar-refractivity contribution in [2.75, 3.05) is 13.2 Å². The van der Waals surface area contributed by atoms with Crippen LogP contribution in [0.3, 0.4) is 0 Å². The third-order valence-electron chi connectivity index (χ3n) is 5.84. The Kier molecular flexibility index (Phi) is 10.9. The predicted molar refractivity (Wildman–Crippen MR) is 153 cm³/mol. The number of nitrogens with one attached hydrogen (secondary N) is 1. The molecule has 0 bridgehead atoms. The van der Waals surface area contributed by atoms with Crippen LogP contribution in [0, 0.1) is 12.8 Å². The Hall–Kier alpha value is -2.54. The van der Waals surface area contributed by atoms with E-state index in [0.29, 0.717) is 34.3 Å². The molecule has 3 aromatic carbocycles. The summed E-state index contributed by atoms with van der Waals surface area (Å²) in [6, 6.07) is 19.5. The van der Waals surface area contributed by atoms with Gasteiger partial charge in [0.15, 0.2) is 6.61 Å². The molecule has 0 aromatic heterocycles. The molecule has 0 saturated heterocycles. The summed E-state index contributed by atoms with van der Waals surface area (Å²) in [6.45, 7) is 6.30. The minimum atomic E-state index is -0.795. The molecule has 0 aliphatic carbocycles. The lowest BCUT2D eigenvalue weighted by Crippen LogP contribution is -2.52. The van der Waals surface area contributed by atoms with Gasteiger partial charge in [-0.15, -0.1) is 0 Å². The molecule has 0 radical (unpaired) electrons. The molecule has 3 rings (SSSR count). The van der Waals surface area contributed by atoms with Crippen molar-refractivity contribution >= 4 is 50.9 Å². The van der Waals surface area contributed by atoms with Crippen LogP contribution in [0.5, 0.6) is 5.75 Å². The van der Waals surface area contributed by atoms with Gasteiger partial charge in [0.2, 0.25) is 5.91 Å². The fraction of sp³-hybridized carbons (Fsp3) is 0.310. The zero-order chi connectivity index (χ0) is 26.9. The summed E-state index contributed by atoms with van der Waals surface area (Å²) in [5.41, 5.74) is 2.49. The topological polar surface area (TPSA) is 58.6 Å². The number of benzene rings is 3. The molecule has 0 spiro atoms. The van der Waals surface area contributed by atoms with Crippen molar-refractivity contribution in [3.05, 3.63) is 97.9 Å². The van der Waals surface area contributed by atoms with Crippen LogP contribution < -0.4 is 10.1 Å². The first-order chi connectivity index (χ1) is 17.7. The quantitative estimate of drug-likeness (QED) is 0.260. The number of carbonyl (C=O) groups is 2. The van der Waals surface area contributed by atoms with Gasteiger partial charge in [-0.25, -0.2) is 0 Å². The standard InChI is InChI=1S/C29H31BrCl2N2O3/c1-19(2)16-33-29(36)27(15-21-8-5-4-6-9-21)34(17-23-25(31)10-7-11-26(23)32)28(35)18-37-22-12-13-24(30)20(3)14-22/h4-14,19,27H,15-18H2,1-3H3,(H,33,36)/t27-/m0/s1. The van der Waals surface area contributed by atoms with Gasteiger partial charge in [-0.1, -0.05) is 89.4 Å². The Morgan fingerprint density at radius 2 is 1.68 bits per heavy atom. The average Bonchev–Trinajstić information content (AvgIpc) is 2.87. The fourth-order valence-electron chi connectivity index (χ4n) is 3.77. The number of halogens is 3. The number of ether oxygens (including phenoxy) is 1. The van der Waals surface area contributed by atoms with Gasteiger partial charge >= 0.3 is 0 Å². The lowest BCUT2D eigenvalue weighted by atomic mass is 10.0. The van der Waals surface area contributed by atoms with Crippen LogP contribution in [-0.4, -0.2) is 35.9 Å². The molecular formula is C29H31BrCl2N2O3. The van der Waals surface area contributed by atoms with Gasteiger partial charge in [0.05, 0.1) is 0 Å². The van der Waals surface area contributed by atoms with Crippen LogP contribution in [0.15, 0.2) is 71.2 Å². The van der Waals surface area contributed by atoms with Gasteiger partial charge in [-0.3, -0.25) is 9.59 Å². The first kappa shape index (κ1) is 29.0. The Balaban J connectivity index is 1.95. The van der Waals surface area contributed by atoms with E-state index in [4.69, 9.17) is 27.9 Å². The first-order valence-electron chi connectivity index (χ1n) is 12.1. The van der Waals surface area contributed by atoms with Crippen molar-refractivity contribution < 1.29 is 14.3 Å². The van der Waals surface area contributed by atoms with Crippen LogP contribution in [0.25, 0.3) is 0 Å². The van der Waals surface area contributed by atoms with Gasteiger partial charge in [-0.2, -0.15) is 0 Å². The second kappa shape index (κ2) is 13.8. The molecule has 0 aliphatic rings. The summed E-state index contributed by atoms with van der Waals surface area (Å²) in [5, 5.41) is 3.85. The van der Waals surface area contributed by atoms with E-state index in [-0.39, 0.29) is 30.9 Å². The van der Waals surface area contributed by atoms with Gasteiger partial charge < -0.3 is 15.0 Å². The second-order valence-corrected chi connectivity index (χ2v) is 10.9. The maximum atomic E-state index is 13.7. The maximum absolute atomic E-state index is 13.7. The van der Waals surface area contributed by atoms with Crippen LogP contribution in [0.4, 0.5) is 0 Å². The Morgan fingerprint density at radius 1 is 1.00 bits per heavy atom. The SMILES string of the molecule is Cc1cc(OCC(=O)N(Cc2c(Cl)cccc2Cl)[C@@H](Cc2ccccc2)C(=O)NCC(C)C)ccc1Br. The molecule has 1 atom stereocenters. The highest BCUT2D eigenvalue weighted by molar-refractivity contribution is 9.10. The van der Waals surface area contributed by atoms with E-state index < -0.39 is 6.04 Å². The van der Waals surface area contributed by atoms with Gasteiger partial charge in [0.25, 0.3) is 5.91 Å². The number of aryl methyl sites for hydroxylation is 1. The number of nitrogens with zero attached hydrogens (tertiary/aromatic N) is 1. The monoisotopic (exact) mass is 604 g/mol. The number of carbonyl (C=O) groups excluding carboxylic acids is 2. The number of amides is 2. The Labute approximate surface area is 237 Å². The molecule has 196 valence electrons. The van der Waals surface area contributed by atoms with E-state index in [1.54, 1.807) is 24.3 Å². The highest BCUT2D eigenvalue weighted by atomic mass is 79.9. The molecule has 5 nitrogen and oxygen atoms in total. The minimum absolute atomic E-state index is 0.0622. The van der Waals surface area contributed by atoms with Crippen molar-refractivity contribution in [2.45, 2.75) is 39.8 Å². The molecule has 0 aliphatic heterocycles. The zero-order valence-electron chi connectivity index (χ0n) is 21.1. The summed E-state index contributed by atoms with van der Waals surface area (Å²) in [5.74, 6) is 0.229. The molecule has 0 unspecified atom stereocenters. The summed E-state index contributed by atoms with van der Waals surface area (Å²) < 4.78 is 6.80. The summed E-state index contributed by atoms with van der Waals surface area (Å²) in [6.07, 6.45) is 0.329. The molecule has 1 N–H and O–H groups in total. The summed E-state index contributed by atoms with van der Waals surface area (Å²) in [4.78, 5) is 28.7. The number of rotatable bonds is 11. The highest BCUT2D eigenvalue weighted by Crippen LogP contribution is 2.28. The lowest BCUT2D eigenvalue weighted by Gasteiger charge is -2.32. The summed E-state index contributed by atoms with van der Waals surface area (Å²) in [7, 11) is 0. The zero-order valence-corrected chi connectivity index (χ0v) is 24.2. The summed E-state index contributed by atoms with van der Waals surface area (Å²) >= 11 is 16.4. The maximum Gasteiger partial charge on any atom is 0.261 e. The van der Waals surface area contributed by atoms with E-state index in [2.05, 4.69) is 21.2 Å². The van der Waals surface area contributed by atoms with Gasteiger partial charge in [-0.05, 0) is 54.3 Å². The van der Waals surface area contributed by atoms with Crippen LogP contribution >= 0.6 is 39.1 Å². The van der Waals surface area contributed by atoms with Gasteiger partial charge in [0.1, 0.15) is 11.8 Å². The Bertz CT molecular complexity index is 1200. The van der Waals surface area contributed by atoms with E-state index in [9.17, 15) is 9.59 Å². The highest BCUT2D eigenvalue weighted by Gasteiger charge is 2.31. The number of hydrogen-bond donors (Lipinski definition) is 1. The minimum Gasteiger partial charge on any atom is -0.484 e. The molecule has 0 saturated carbocycles. The molecule has 8 heteroatoms. The van der Waals surface area contributed by atoms with E-state index in [1.807, 2.05) is 63.2 Å². The van der Waals surface area contributed by atoms with E-state index in [0.717, 1.165) is 15.6 Å². The van der Waals surface area contributed by atoms with Crippen LogP contribution in [0.2, 0.25) is 10.0 Å². The number of hydrogen-bond acceptors (Lipinski definition) is 3. The lowest BCUT2D eigenvalue weighted by molar-refractivity contribution is -0.142. The van der Waals surface area contributed by atoms with Crippen molar-refractivity contribution in [3.8, 4) is 5.75 Å². The molecular weight excluding hydrogens is 575 g/mol. The van der Waals surface area contributed by atoms with Crippen molar-refractivity contribution in [1.82, 2.24) is 10.2 Å². The van der Waals surface area contributed by atoms with Gasteiger partial charge in [0, 0.05) is 39.6 Å². The average molecular weight is 606 g/mol. The smallest absolute Gasteiger partial charge is 0.261 e. The fourth-order valence-corrected chi connectivity index (χ4v) is 4.53. The molecule has 0 heterocycles. The third-order valence-corrected chi connectivity index (χ3v) is 7.44. The van der Waals surface area contributed by atoms with Crippen LogP contribution in [-0.2, 0) is 22.6 Å². The third kappa shape index (κ3) is 8.49. The Morgan fingerprint density at radius 3 is 2.30 bits per heavy atom. The molecule has 0 fully saturated rings. The molecule has 37 heavy (non-hydrogen) atoms. The van der Waals surface area contributed by atoms with E-state index in [1.165, 1.54) is 4.90 Å². The van der Waals surface area contributed by atoms with Crippen molar-refractivity contribution in [2.24, 2.45) is 5.92 Å². The molecule has 3 aromatic rings. The first-order valence-corrected chi connectivity index (χ1v) is 13.6. The van der Waals surface area contributed by atoms with E-state index >= 15 is 0 Å².